The van der Waals surface area contributed by atoms with Crippen LogP contribution in [0.4, 0.5) is 0 Å². The van der Waals surface area contributed by atoms with Gasteiger partial charge in [0.15, 0.2) is 0 Å². The number of phenols is 1. The number of hydrogen-bond donors (Lipinski definition) is 2. The SMILES string of the molecule is CC(O)(c1ccc(O)cc1)c1cc2ccccc2o1. The van der Waals surface area contributed by atoms with E-state index in [1.165, 1.54) is 0 Å². The van der Waals surface area contributed by atoms with E-state index in [0.717, 1.165) is 11.0 Å². The van der Waals surface area contributed by atoms with Crippen molar-refractivity contribution in [2.24, 2.45) is 0 Å². The smallest absolute Gasteiger partial charge is 0.144 e. The van der Waals surface area contributed by atoms with Crippen molar-refractivity contribution in [1.82, 2.24) is 0 Å². The molecule has 0 bridgehead atoms. The third kappa shape index (κ3) is 1.98. The fourth-order valence-corrected chi connectivity index (χ4v) is 2.15. The van der Waals surface area contributed by atoms with Crippen molar-refractivity contribution in [2.45, 2.75) is 12.5 Å². The van der Waals surface area contributed by atoms with Crippen LogP contribution in [0.5, 0.6) is 5.75 Å². The van der Waals surface area contributed by atoms with Crippen LogP contribution in [0.2, 0.25) is 0 Å². The molecular weight excluding hydrogens is 240 g/mol. The van der Waals surface area contributed by atoms with Gasteiger partial charge in [-0.2, -0.15) is 0 Å². The summed E-state index contributed by atoms with van der Waals surface area (Å²) < 4.78 is 5.70. The zero-order valence-corrected chi connectivity index (χ0v) is 10.5. The van der Waals surface area contributed by atoms with Crippen LogP contribution in [0.1, 0.15) is 18.2 Å². The maximum Gasteiger partial charge on any atom is 0.144 e. The summed E-state index contributed by atoms with van der Waals surface area (Å²) >= 11 is 0. The normalized spacial score (nSPS) is 14.4. The third-order valence-corrected chi connectivity index (χ3v) is 3.33. The molecule has 0 aliphatic heterocycles. The molecule has 96 valence electrons. The number of benzene rings is 2. The van der Waals surface area contributed by atoms with Crippen molar-refractivity contribution in [3.8, 4) is 5.75 Å². The van der Waals surface area contributed by atoms with E-state index in [1.807, 2.05) is 30.3 Å². The second-order valence-electron chi connectivity index (χ2n) is 4.77. The lowest BCUT2D eigenvalue weighted by Crippen LogP contribution is -2.21. The predicted molar refractivity (Wildman–Crippen MR) is 73.0 cm³/mol. The van der Waals surface area contributed by atoms with E-state index < -0.39 is 5.60 Å². The van der Waals surface area contributed by atoms with Crippen molar-refractivity contribution in [3.05, 3.63) is 65.9 Å². The van der Waals surface area contributed by atoms with Gasteiger partial charge in [-0.3, -0.25) is 0 Å². The van der Waals surface area contributed by atoms with Gasteiger partial charge in [0.05, 0.1) is 0 Å². The Balaban J connectivity index is 2.10. The maximum absolute atomic E-state index is 10.7. The minimum Gasteiger partial charge on any atom is -0.508 e. The minimum absolute atomic E-state index is 0.171. The zero-order valence-electron chi connectivity index (χ0n) is 10.5. The Morgan fingerprint density at radius 1 is 1.00 bits per heavy atom. The number of para-hydroxylation sites is 1. The maximum atomic E-state index is 10.7. The Hall–Kier alpha value is -2.26. The average molecular weight is 254 g/mol. The Morgan fingerprint density at radius 2 is 1.68 bits per heavy atom. The number of phenolic OH excluding ortho intramolecular Hbond substituents is 1. The first kappa shape index (κ1) is 11.8. The summed E-state index contributed by atoms with van der Waals surface area (Å²) in [6.45, 7) is 1.68. The van der Waals surface area contributed by atoms with Crippen molar-refractivity contribution in [1.29, 1.82) is 0 Å². The van der Waals surface area contributed by atoms with Crippen molar-refractivity contribution in [2.75, 3.05) is 0 Å². The summed E-state index contributed by atoms with van der Waals surface area (Å²) in [6.07, 6.45) is 0. The standard InChI is InChI=1S/C16H14O3/c1-16(18,12-6-8-13(17)9-7-12)15-10-11-4-2-3-5-14(11)19-15/h2-10,17-18H,1H3. The molecule has 3 heteroatoms. The molecule has 3 rings (SSSR count). The topological polar surface area (TPSA) is 53.6 Å². The highest BCUT2D eigenvalue weighted by molar-refractivity contribution is 5.78. The van der Waals surface area contributed by atoms with Crippen molar-refractivity contribution in [3.63, 3.8) is 0 Å². The summed E-state index contributed by atoms with van der Waals surface area (Å²) in [5.41, 5.74) is 0.188. The monoisotopic (exact) mass is 254 g/mol. The first-order valence-electron chi connectivity index (χ1n) is 6.08. The molecule has 1 atom stereocenters. The Labute approximate surface area is 110 Å². The first-order valence-corrected chi connectivity index (χ1v) is 6.08. The van der Waals surface area contributed by atoms with Crippen LogP contribution in [-0.2, 0) is 5.60 Å². The van der Waals surface area contributed by atoms with Crippen LogP contribution in [-0.4, -0.2) is 10.2 Å². The molecule has 0 saturated carbocycles. The van der Waals surface area contributed by atoms with E-state index in [4.69, 9.17) is 4.42 Å². The Kier molecular flexibility index (Phi) is 2.57. The van der Waals surface area contributed by atoms with Gasteiger partial charge in [-0.25, -0.2) is 0 Å². The fourth-order valence-electron chi connectivity index (χ4n) is 2.15. The van der Waals surface area contributed by atoms with E-state index >= 15 is 0 Å². The highest BCUT2D eigenvalue weighted by atomic mass is 16.4. The molecule has 1 aromatic heterocycles. The second kappa shape index (κ2) is 4.14. The lowest BCUT2D eigenvalue weighted by atomic mass is 9.93. The average Bonchev–Trinajstić information content (AvgIpc) is 2.83. The van der Waals surface area contributed by atoms with Crippen LogP contribution in [0.15, 0.2) is 59.0 Å². The van der Waals surface area contributed by atoms with Gasteiger partial charge in [0.2, 0.25) is 0 Å². The molecule has 2 N–H and O–H groups in total. The number of fused-ring (bicyclic) bond motifs is 1. The largest absolute Gasteiger partial charge is 0.508 e. The number of aliphatic hydroxyl groups is 1. The van der Waals surface area contributed by atoms with E-state index in [0.29, 0.717) is 11.3 Å². The van der Waals surface area contributed by atoms with Gasteiger partial charge in [0, 0.05) is 5.39 Å². The molecule has 0 saturated heterocycles. The molecule has 1 unspecified atom stereocenters. The van der Waals surface area contributed by atoms with E-state index in [9.17, 15) is 10.2 Å². The van der Waals surface area contributed by atoms with Gasteiger partial charge in [0.25, 0.3) is 0 Å². The highest BCUT2D eigenvalue weighted by Crippen LogP contribution is 2.33. The Bertz CT molecular complexity index is 675. The molecule has 1 heterocycles. The highest BCUT2D eigenvalue weighted by Gasteiger charge is 2.29. The van der Waals surface area contributed by atoms with Crippen LogP contribution < -0.4 is 0 Å². The minimum atomic E-state index is -1.23. The predicted octanol–water partition coefficient (Wildman–Crippen LogP) is 3.39. The van der Waals surface area contributed by atoms with Crippen LogP contribution in [0.25, 0.3) is 11.0 Å². The number of rotatable bonds is 2. The molecule has 2 aromatic carbocycles. The molecule has 3 nitrogen and oxygen atoms in total. The molecular formula is C16H14O3. The lowest BCUT2D eigenvalue weighted by molar-refractivity contribution is 0.0786. The molecule has 0 fully saturated rings. The van der Waals surface area contributed by atoms with Crippen molar-refractivity contribution < 1.29 is 14.6 Å². The first-order chi connectivity index (χ1) is 9.07. The molecule has 3 aromatic rings. The van der Waals surface area contributed by atoms with E-state index in [1.54, 1.807) is 31.2 Å². The van der Waals surface area contributed by atoms with Gasteiger partial charge >= 0.3 is 0 Å². The summed E-state index contributed by atoms with van der Waals surface area (Å²) in [6, 6.07) is 15.9. The summed E-state index contributed by atoms with van der Waals surface area (Å²) in [5.74, 6) is 0.656. The third-order valence-electron chi connectivity index (χ3n) is 3.33. The quantitative estimate of drug-likeness (QED) is 0.737. The number of furan rings is 1. The van der Waals surface area contributed by atoms with Gasteiger partial charge in [0.1, 0.15) is 22.7 Å². The Morgan fingerprint density at radius 3 is 2.37 bits per heavy atom. The number of hydrogen-bond acceptors (Lipinski definition) is 3. The summed E-state index contributed by atoms with van der Waals surface area (Å²) in [4.78, 5) is 0. The molecule has 0 radical (unpaired) electrons. The summed E-state index contributed by atoms with van der Waals surface area (Å²) in [5, 5.41) is 20.9. The van der Waals surface area contributed by atoms with Gasteiger partial charge in [-0.15, -0.1) is 0 Å². The molecule has 0 spiro atoms. The van der Waals surface area contributed by atoms with Crippen LogP contribution in [0, 0.1) is 0 Å². The van der Waals surface area contributed by atoms with Crippen molar-refractivity contribution >= 4 is 11.0 Å². The molecule has 19 heavy (non-hydrogen) atoms. The van der Waals surface area contributed by atoms with Gasteiger partial charge in [-0.05, 0) is 36.8 Å². The molecule has 0 amide bonds. The summed E-state index contributed by atoms with van der Waals surface area (Å²) in [7, 11) is 0. The lowest BCUT2D eigenvalue weighted by Gasteiger charge is -2.21. The zero-order chi connectivity index (χ0) is 13.5. The van der Waals surface area contributed by atoms with Gasteiger partial charge < -0.3 is 14.6 Å². The van der Waals surface area contributed by atoms with E-state index in [-0.39, 0.29) is 5.75 Å². The molecule has 0 aliphatic rings. The van der Waals surface area contributed by atoms with Crippen LogP contribution in [0.3, 0.4) is 0 Å². The fraction of sp³-hybridized carbons (Fsp3) is 0.125. The van der Waals surface area contributed by atoms with Crippen LogP contribution >= 0.6 is 0 Å². The molecule has 0 aliphatic carbocycles. The van der Waals surface area contributed by atoms with Gasteiger partial charge in [-0.1, -0.05) is 30.3 Å². The second-order valence-corrected chi connectivity index (χ2v) is 4.77. The van der Waals surface area contributed by atoms with E-state index in [2.05, 4.69) is 0 Å². The number of aromatic hydroxyl groups is 1.